The summed E-state index contributed by atoms with van der Waals surface area (Å²) in [6.45, 7) is 4.88. The summed E-state index contributed by atoms with van der Waals surface area (Å²) in [6.07, 6.45) is -0.267. The maximum Gasteiger partial charge on any atom is 0.331 e. The normalized spacial score (nSPS) is 17.8. The monoisotopic (exact) mass is 374 g/mol. The van der Waals surface area contributed by atoms with Crippen LogP contribution in [0.4, 0.5) is 4.79 Å². The van der Waals surface area contributed by atoms with Crippen LogP contribution in [0.3, 0.4) is 0 Å². The number of morpholine rings is 1. The predicted molar refractivity (Wildman–Crippen MR) is 98.3 cm³/mol. The minimum Gasteiger partial charge on any atom is -0.370 e. The van der Waals surface area contributed by atoms with Crippen LogP contribution in [0.2, 0.25) is 0 Å². The molecule has 2 aromatic rings. The third-order valence-electron chi connectivity index (χ3n) is 4.36. The van der Waals surface area contributed by atoms with E-state index in [2.05, 4.69) is 4.72 Å². The first-order chi connectivity index (χ1) is 12.3. The number of urea groups is 1. The van der Waals surface area contributed by atoms with Crippen LogP contribution in [0.15, 0.2) is 53.4 Å². The summed E-state index contributed by atoms with van der Waals surface area (Å²) in [6, 6.07) is 13.6. The summed E-state index contributed by atoms with van der Waals surface area (Å²) in [5.41, 5.74) is 3.06. The number of carbonyl (C=O) groups excluding carboxylic acids is 1. The van der Waals surface area contributed by atoms with Gasteiger partial charge in [0.25, 0.3) is 10.0 Å². The molecule has 0 saturated carbocycles. The molecular formula is C19H22N2O4S. The second-order valence-electron chi connectivity index (χ2n) is 6.44. The van der Waals surface area contributed by atoms with Gasteiger partial charge in [-0.1, -0.05) is 47.5 Å². The van der Waals surface area contributed by atoms with E-state index in [0.717, 1.165) is 16.7 Å². The van der Waals surface area contributed by atoms with E-state index in [1.165, 1.54) is 17.0 Å². The van der Waals surface area contributed by atoms with Crippen molar-refractivity contribution in [3.63, 3.8) is 0 Å². The van der Waals surface area contributed by atoms with E-state index in [-0.39, 0.29) is 11.0 Å². The van der Waals surface area contributed by atoms with Gasteiger partial charge in [0, 0.05) is 6.54 Å². The molecule has 0 aliphatic carbocycles. The zero-order chi connectivity index (χ0) is 18.7. The van der Waals surface area contributed by atoms with Crippen molar-refractivity contribution in [2.24, 2.45) is 0 Å². The minimum atomic E-state index is -3.90. The van der Waals surface area contributed by atoms with Crippen molar-refractivity contribution < 1.29 is 17.9 Å². The molecule has 0 aromatic heterocycles. The van der Waals surface area contributed by atoms with E-state index in [9.17, 15) is 13.2 Å². The van der Waals surface area contributed by atoms with E-state index in [1.54, 1.807) is 12.1 Å². The predicted octanol–water partition coefficient (Wildman–Crippen LogP) is 2.78. The summed E-state index contributed by atoms with van der Waals surface area (Å²) < 4.78 is 32.7. The molecule has 1 fully saturated rings. The zero-order valence-corrected chi connectivity index (χ0v) is 15.6. The van der Waals surface area contributed by atoms with Crippen molar-refractivity contribution in [3.8, 4) is 0 Å². The van der Waals surface area contributed by atoms with Crippen LogP contribution in [0, 0.1) is 13.8 Å². The number of nitrogens with one attached hydrogen (secondary N) is 1. The van der Waals surface area contributed by atoms with Crippen LogP contribution >= 0.6 is 0 Å². The molecule has 26 heavy (non-hydrogen) atoms. The van der Waals surface area contributed by atoms with Gasteiger partial charge in [-0.25, -0.2) is 17.9 Å². The van der Waals surface area contributed by atoms with Gasteiger partial charge in [0.05, 0.1) is 18.0 Å². The molecule has 2 amide bonds. The van der Waals surface area contributed by atoms with Gasteiger partial charge in [-0.3, -0.25) is 0 Å². The highest BCUT2D eigenvalue weighted by Crippen LogP contribution is 2.23. The Labute approximate surface area is 153 Å². The van der Waals surface area contributed by atoms with E-state index in [1.807, 2.05) is 38.1 Å². The van der Waals surface area contributed by atoms with Crippen LogP contribution in [-0.4, -0.2) is 39.0 Å². The molecule has 1 N–H and O–H groups in total. The van der Waals surface area contributed by atoms with Crippen LogP contribution < -0.4 is 4.72 Å². The fourth-order valence-corrected chi connectivity index (χ4v) is 3.74. The first-order valence-electron chi connectivity index (χ1n) is 8.42. The van der Waals surface area contributed by atoms with Crippen LogP contribution in [0.5, 0.6) is 0 Å². The van der Waals surface area contributed by atoms with Crippen LogP contribution in [0.25, 0.3) is 0 Å². The van der Waals surface area contributed by atoms with Gasteiger partial charge in [-0.2, -0.15) is 0 Å². The van der Waals surface area contributed by atoms with Crippen LogP contribution in [-0.2, 0) is 14.8 Å². The first kappa shape index (κ1) is 18.4. The summed E-state index contributed by atoms with van der Waals surface area (Å²) in [5.74, 6) is 0. The van der Waals surface area contributed by atoms with Gasteiger partial charge in [0.1, 0.15) is 6.10 Å². The topological polar surface area (TPSA) is 75.7 Å². The van der Waals surface area contributed by atoms with Crippen molar-refractivity contribution in [1.82, 2.24) is 9.62 Å². The fourth-order valence-electron chi connectivity index (χ4n) is 2.77. The Balaban J connectivity index is 1.69. The molecule has 3 rings (SSSR count). The van der Waals surface area contributed by atoms with E-state index < -0.39 is 16.1 Å². The minimum absolute atomic E-state index is 0.0693. The average molecular weight is 374 g/mol. The number of ether oxygens (including phenoxy) is 1. The number of nitrogens with zero attached hydrogens (tertiary/aromatic N) is 1. The van der Waals surface area contributed by atoms with Crippen molar-refractivity contribution in [2.45, 2.75) is 24.8 Å². The Morgan fingerprint density at radius 3 is 2.23 bits per heavy atom. The number of aryl methyl sites for hydroxylation is 2. The zero-order valence-electron chi connectivity index (χ0n) is 14.8. The molecule has 0 bridgehead atoms. The van der Waals surface area contributed by atoms with Gasteiger partial charge < -0.3 is 9.64 Å². The van der Waals surface area contributed by atoms with Gasteiger partial charge in [0.2, 0.25) is 0 Å². The molecule has 138 valence electrons. The molecule has 1 atom stereocenters. The summed E-state index contributed by atoms with van der Waals surface area (Å²) >= 11 is 0. The highest BCUT2D eigenvalue weighted by atomic mass is 32.2. The van der Waals surface area contributed by atoms with Crippen molar-refractivity contribution in [3.05, 3.63) is 65.2 Å². The standard InChI is InChI=1S/C19H22N2O4S/c1-14-3-7-16(8-4-14)18-13-21(11-12-25-18)19(22)20-26(23,24)17-9-5-15(2)6-10-17/h3-10,18H,11-13H2,1-2H3,(H,20,22). The smallest absolute Gasteiger partial charge is 0.331 e. The molecule has 0 spiro atoms. The second kappa shape index (κ2) is 7.47. The largest absolute Gasteiger partial charge is 0.370 e. The number of benzene rings is 2. The number of sulfonamides is 1. The third kappa shape index (κ3) is 4.23. The maximum absolute atomic E-state index is 12.5. The molecule has 6 nitrogen and oxygen atoms in total. The molecule has 0 radical (unpaired) electrons. The van der Waals surface area contributed by atoms with E-state index in [0.29, 0.717) is 19.7 Å². The highest BCUT2D eigenvalue weighted by Gasteiger charge is 2.28. The lowest BCUT2D eigenvalue weighted by atomic mass is 10.1. The van der Waals surface area contributed by atoms with Crippen molar-refractivity contribution in [1.29, 1.82) is 0 Å². The maximum atomic E-state index is 12.5. The molecular weight excluding hydrogens is 352 g/mol. The molecule has 7 heteroatoms. The SMILES string of the molecule is Cc1ccc(C2CN(C(=O)NS(=O)(=O)c3ccc(C)cc3)CCO2)cc1. The summed E-state index contributed by atoms with van der Waals surface area (Å²) in [5, 5.41) is 0. The van der Waals surface area contributed by atoms with Gasteiger partial charge in [0.15, 0.2) is 0 Å². The first-order valence-corrected chi connectivity index (χ1v) is 9.90. The molecule has 1 heterocycles. The molecule has 1 unspecified atom stereocenters. The lowest BCUT2D eigenvalue weighted by molar-refractivity contribution is -0.0147. The Hall–Kier alpha value is -2.38. The third-order valence-corrected chi connectivity index (χ3v) is 5.69. The summed E-state index contributed by atoms with van der Waals surface area (Å²) in [4.78, 5) is 14.0. The molecule has 1 aliphatic rings. The molecule has 2 aromatic carbocycles. The Kier molecular flexibility index (Phi) is 5.29. The number of carbonyl (C=O) groups is 1. The van der Waals surface area contributed by atoms with Crippen molar-refractivity contribution in [2.75, 3.05) is 19.7 Å². The van der Waals surface area contributed by atoms with E-state index >= 15 is 0 Å². The fraction of sp³-hybridized carbons (Fsp3) is 0.316. The Morgan fingerprint density at radius 1 is 1.04 bits per heavy atom. The second-order valence-corrected chi connectivity index (χ2v) is 8.12. The van der Waals surface area contributed by atoms with Crippen molar-refractivity contribution >= 4 is 16.1 Å². The Morgan fingerprint density at radius 2 is 1.62 bits per heavy atom. The highest BCUT2D eigenvalue weighted by molar-refractivity contribution is 7.90. The molecule has 1 aliphatic heterocycles. The number of amides is 2. The lowest BCUT2D eigenvalue weighted by Crippen LogP contribution is -2.48. The quantitative estimate of drug-likeness (QED) is 0.896. The van der Waals surface area contributed by atoms with Crippen LogP contribution in [0.1, 0.15) is 22.8 Å². The van der Waals surface area contributed by atoms with Gasteiger partial charge in [-0.15, -0.1) is 0 Å². The summed E-state index contributed by atoms with van der Waals surface area (Å²) in [7, 11) is -3.90. The lowest BCUT2D eigenvalue weighted by Gasteiger charge is -2.33. The molecule has 1 saturated heterocycles. The van der Waals surface area contributed by atoms with Gasteiger partial charge >= 0.3 is 6.03 Å². The number of hydrogen-bond donors (Lipinski definition) is 1. The van der Waals surface area contributed by atoms with E-state index in [4.69, 9.17) is 4.74 Å². The number of hydrogen-bond acceptors (Lipinski definition) is 4. The average Bonchev–Trinajstić information content (AvgIpc) is 2.62. The number of rotatable bonds is 3. The van der Waals surface area contributed by atoms with Gasteiger partial charge in [-0.05, 0) is 31.5 Å². The Bertz CT molecular complexity index is 877.